The smallest absolute Gasteiger partial charge is 0.326 e. The molecule has 29 heavy (non-hydrogen) atoms. The van der Waals surface area contributed by atoms with Crippen LogP contribution in [-0.2, 0) is 28.8 Å². The highest BCUT2D eigenvalue weighted by Gasteiger charge is 2.28. The number of aliphatic hydroxyl groups is 1. The number of carbonyl (C=O) groups is 6. The Morgan fingerprint density at radius 2 is 1.41 bits per heavy atom. The summed E-state index contributed by atoms with van der Waals surface area (Å²) in [5.74, 6) is -5.84. The summed E-state index contributed by atoms with van der Waals surface area (Å²) in [6.45, 7) is 0.388. The number of nitrogens with two attached hydrogens (primary N) is 3. The van der Waals surface area contributed by atoms with E-state index >= 15 is 0 Å². The minimum Gasteiger partial charge on any atom is -0.480 e. The lowest BCUT2D eigenvalue weighted by molar-refractivity contribution is -0.143. The van der Waals surface area contributed by atoms with Gasteiger partial charge < -0.3 is 43.4 Å². The Kier molecular flexibility index (Phi) is 10.9. The lowest BCUT2D eigenvalue weighted by Crippen LogP contribution is -2.57. The third-order valence-corrected chi connectivity index (χ3v) is 3.63. The maximum absolute atomic E-state index is 12.1. The number of nitrogens with one attached hydrogen (secondary N) is 3. The largest absolute Gasteiger partial charge is 0.480 e. The fraction of sp³-hybridized carbons (Fsp3) is 0.600. The number of primary amides is 2. The van der Waals surface area contributed by atoms with Crippen molar-refractivity contribution in [3.63, 3.8) is 0 Å². The molecule has 0 fully saturated rings. The highest BCUT2D eigenvalue weighted by atomic mass is 16.4. The highest BCUT2D eigenvalue weighted by molar-refractivity contribution is 5.94. The first-order valence-electron chi connectivity index (χ1n) is 8.46. The van der Waals surface area contributed by atoms with Gasteiger partial charge in [-0.15, -0.1) is 0 Å². The summed E-state index contributed by atoms with van der Waals surface area (Å²) in [4.78, 5) is 68.6. The van der Waals surface area contributed by atoms with Crippen LogP contribution in [0.2, 0.25) is 0 Å². The Labute approximate surface area is 165 Å². The number of aliphatic carboxylic acids is 1. The van der Waals surface area contributed by atoms with E-state index in [9.17, 15) is 33.9 Å². The Balaban J connectivity index is 4.80. The lowest BCUT2D eigenvalue weighted by atomic mass is 10.1. The van der Waals surface area contributed by atoms with Gasteiger partial charge in [-0.3, -0.25) is 24.0 Å². The van der Waals surface area contributed by atoms with Gasteiger partial charge in [0.2, 0.25) is 29.5 Å². The van der Waals surface area contributed by atoms with Gasteiger partial charge in [-0.1, -0.05) is 0 Å². The van der Waals surface area contributed by atoms with Crippen LogP contribution in [0.5, 0.6) is 0 Å². The number of rotatable bonds is 13. The summed E-state index contributed by atoms with van der Waals surface area (Å²) in [7, 11) is 0. The second-order valence-corrected chi connectivity index (χ2v) is 6.16. The molecule has 0 saturated heterocycles. The Bertz CT molecular complexity index is 655. The molecule has 0 spiro atoms. The maximum atomic E-state index is 12.1. The number of carbonyl (C=O) groups excluding carboxylic acids is 5. The summed E-state index contributed by atoms with van der Waals surface area (Å²) < 4.78 is 0. The number of amides is 5. The van der Waals surface area contributed by atoms with Crippen LogP contribution in [0.1, 0.15) is 26.2 Å². The molecule has 0 aromatic heterocycles. The van der Waals surface area contributed by atoms with Gasteiger partial charge in [0.25, 0.3) is 0 Å². The van der Waals surface area contributed by atoms with E-state index in [1.165, 1.54) is 6.92 Å². The van der Waals surface area contributed by atoms with Gasteiger partial charge in [-0.2, -0.15) is 0 Å². The lowest BCUT2D eigenvalue weighted by Gasteiger charge is -2.22. The molecule has 0 aliphatic carbocycles. The highest BCUT2D eigenvalue weighted by Crippen LogP contribution is 1.97. The van der Waals surface area contributed by atoms with Gasteiger partial charge in [-0.05, 0) is 13.3 Å². The van der Waals surface area contributed by atoms with E-state index in [-0.39, 0.29) is 12.8 Å². The number of hydrogen-bond acceptors (Lipinski definition) is 8. The molecule has 0 rings (SSSR count). The summed E-state index contributed by atoms with van der Waals surface area (Å²) in [6, 6.07) is -5.48. The maximum Gasteiger partial charge on any atom is 0.326 e. The van der Waals surface area contributed by atoms with E-state index in [1.807, 2.05) is 5.32 Å². The number of carboxylic acids is 1. The van der Waals surface area contributed by atoms with Gasteiger partial charge in [0.05, 0.1) is 19.1 Å². The van der Waals surface area contributed by atoms with Gasteiger partial charge in [0, 0.05) is 6.42 Å². The second kappa shape index (κ2) is 12.2. The second-order valence-electron chi connectivity index (χ2n) is 6.16. The van der Waals surface area contributed by atoms with Crippen molar-refractivity contribution in [2.75, 3.05) is 6.61 Å². The van der Waals surface area contributed by atoms with Crippen LogP contribution in [0.15, 0.2) is 0 Å². The zero-order chi connectivity index (χ0) is 22.7. The van der Waals surface area contributed by atoms with Crippen LogP contribution < -0.4 is 33.2 Å². The fourth-order valence-corrected chi connectivity index (χ4v) is 1.98. The number of hydrogen-bond donors (Lipinski definition) is 8. The van der Waals surface area contributed by atoms with Crippen molar-refractivity contribution in [3.8, 4) is 0 Å². The molecule has 14 nitrogen and oxygen atoms in total. The summed E-state index contributed by atoms with van der Waals surface area (Å²) in [5, 5.41) is 24.6. The molecule has 4 atom stereocenters. The first kappa shape index (κ1) is 25.7. The summed E-state index contributed by atoms with van der Waals surface area (Å²) in [6.07, 6.45) is -0.881. The van der Waals surface area contributed by atoms with Crippen molar-refractivity contribution in [2.45, 2.75) is 50.4 Å². The zero-order valence-electron chi connectivity index (χ0n) is 15.7. The molecule has 14 heteroatoms. The van der Waals surface area contributed by atoms with E-state index in [1.54, 1.807) is 0 Å². The normalized spacial score (nSPS) is 14.6. The molecule has 11 N–H and O–H groups in total. The SMILES string of the molecule is CC(NC(=O)C(CO)NC(=O)C(N)CCC(N)=O)C(=O)NC(CC(N)=O)C(=O)O. The first-order chi connectivity index (χ1) is 13.4. The molecule has 0 aromatic carbocycles. The minimum absolute atomic E-state index is 0.0732. The van der Waals surface area contributed by atoms with Crippen LogP contribution in [-0.4, -0.2) is 76.5 Å². The Hall–Kier alpha value is -3.26. The Morgan fingerprint density at radius 1 is 0.862 bits per heavy atom. The number of aliphatic hydroxyl groups excluding tert-OH is 1. The molecule has 0 heterocycles. The predicted molar refractivity (Wildman–Crippen MR) is 96.4 cm³/mol. The molecule has 0 aliphatic heterocycles. The van der Waals surface area contributed by atoms with Gasteiger partial charge in [0.1, 0.15) is 18.1 Å². The van der Waals surface area contributed by atoms with Crippen LogP contribution in [0.4, 0.5) is 0 Å². The topological polar surface area (TPSA) is 257 Å². The summed E-state index contributed by atoms with van der Waals surface area (Å²) >= 11 is 0. The van der Waals surface area contributed by atoms with E-state index in [0.29, 0.717) is 0 Å². The van der Waals surface area contributed by atoms with Crippen LogP contribution in [0.25, 0.3) is 0 Å². The molecular weight excluding hydrogens is 392 g/mol. The van der Waals surface area contributed by atoms with E-state index in [0.717, 1.165) is 0 Å². The molecule has 0 bridgehead atoms. The third kappa shape index (κ3) is 10.0. The van der Waals surface area contributed by atoms with Crippen molar-refractivity contribution in [3.05, 3.63) is 0 Å². The molecule has 0 radical (unpaired) electrons. The van der Waals surface area contributed by atoms with Crippen molar-refractivity contribution < 1.29 is 39.0 Å². The quantitative estimate of drug-likeness (QED) is 0.142. The van der Waals surface area contributed by atoms with Gasteiger partial charge >= 0.3 is 5.97 Å². The van der Waals surface area contributed by atoms with Crippen LogP contribution in [0.3, 0.4) is 0 Å². The predicted octanol–water partition coefficient (Wildman–Crippen LogP) is -4.99. The molecule has 164 valence electrons. The van der Waals surface area contributed by atoms with Crippen molar-refractivity contribution >= 4 is 35.5 Å². The third-order valence-electron chi connectivity index (χ3n) is 3.63. The van der Waals surface area contributed by atoms with E-state index in [2.05, 4.69) is 10.6 Å². The molecule has 4 unspecified atom stereocenters. The van der Waals surface area contributed by atoms with Crippen LogP contribution >= 0.6 is 0 Å². The molecular formula is C15H26N6O8. The van der Waals surface area contributed by atoms with Gasteiger partial charge in [0.15, 0.2) is 0 Å². The Morgan fingerprint density at radius 3 is 1.86 bits per heavy atom. The molecule has 0 aliphatic rings. The van der Waals surface area contributed by atoms with Gasteiger partial charge in [-0.25, -0.2) is 4.79 Å². The first-order valence-corrected chi connectivity index (χ1v) is 8.46. The van der Waals surface area contributed by atoms with Crippen molar-refractivity contribution in [1.82, 2.24) is 16.0 Å². The monoisotopic (exact) mass is 418 g/mol. The fourth-order valence-electron chi connectivity index (χ4n) is 1.98. The molecule has 0 aromatic rings. The number of carboxylic acid groups (broad SMARTS) is 1. The van der Waals surface area contributed by atoms with Crippen molar-refractivity contribution in [2.24, 2.45) is 17.2 Å². The molecule has 0 saturated carbocycles. The average Bonchev–Trinajstić information content (AvgIpc) is 2.62. The van der Waals surface area contributed by atoms with Crippen molar-refractivity contribution in [1.29, 1.82) is 0 Å². The molecule has 5 amide bonds. The standard InChI is InChI=1S/C15H26N6O8/c1-6(12(25)20-8(15(28)29)4-11(18)24)19-14(27)9(5-22)21-13(26)7(16)2-3-10(17)23/h6-9,22H,2-5,16H2,1H3,(H2,17,23)(H2,18,24)(H,19,27)(H,20,25)(H,21,26)(H,28,29). The minimum atomic E-state index is -1.59. The van der Waals surface area contributed by atoms with E-state index < -0.39 is 72.7 Å². The average molecular weight is 418 g/mol. The van der Waals surface area contributed by atoms with E-state index in [4.69, 9.17) is 22.3 Å². The van der Waals surface area contributed by atoms with Crippen LogP contribution in [0, 0.1) is 0 Å². The summed E-state index contributed by atoms with van der Waals surface area (Å²) in [5.41, 5.74) is 15.4. The zero-order valence-corrected chi connectivity index (χ0v) is 15.7.